The third-order valence-corrected chi connectivity index (χ3v) is 7.05. The summed E-state index contributed by atoms with van der Waals surface area (Å²) < 4.78 is 14.3. The van der Waals surface area contributed by atoms with Gasteiger partial charge in [-0.15, -0.1) is 6.58 Å². The van der Waals surface area contributed by atoms with Crippen molar-refractivity contribution >= 4 is 38.7 Å². The van der Waals surface area contributed by atoms with Crippen LogP contribution in [0.3, 0.4) is 0 Å². The van der Waals surface area contributed by atoms with Crippen molar-refractivity contribution in [3.63, 3.8) is 0 Å². The Morgan fingerprint density at radius 1 is 1.15 bits per heavy atom. The Labute approximate surface area is 246 Å². The number of ether oxygens (including phenoxy) is 2. The predicted octanol–water partition coefficient (Wildman–Crippen LogP) is 7.17. The summed E-state index contributed by atoms with van der Waals surface area (Å²) >= 11 is 3.44. The summed E-state index contributed by atoms with van der Waals surface area (Å²) in [5, 5.41) is 16.0. The fourth-order valence-corrected chi connectivity index (χ4v) is 4.63. The van der Waals surface area contributed by atoms with Crippen molar-refractivity contribution in [1.29, 1.82) is 0 Å². The predicted molar refractivity (Wildman–Crippen MR) is 164 cm³/mol. The zero-order valence-electron chi connectivity index (χ0n) is 23.2. The zero-order valence-corrected chi connectivity index (χ0v) is 24.8. The lowest BCUT2D eigenvalue weighted by Crippen LogP contribution is -2.23. The minimum absolute atomic E-state index is 0.0124. The number of non-ortho nitro benzene ring substituents is 1. The number of nitro benzene ring substituents is 1. The first-order chi connectivity index (χ1) is 19.7. The molecule has 0 unspecified atom stereocenters. The van der Waals surface area contributed by atoms with E-state index in [9.17, 15) is 14.9 Å². The van der Waals surface area contributed by atoms with Crippen LogP contribution in [-0.2, 0) is 13.0 Å². The quantitative estimate of drug-likeness (QED) is 0.0720. The summed E-state index contributed by atoms with van der Waals surface area (Å²) in [7, 11) is 0. The number of fused-ring (bicyclic) bond motifs is 1. The number of hydrogen-bond donors (Lipinski definition) is 0. The van der Waals surface area contributed by atoms with Crippen LogP contribution in [0.5, 0.6) is 11.5 Å². The monoisotopic (exact) mass is 618 g/mol. The van der Waals surface area contributed by atoms with Crippen molar-refractivity contribution in [2.45, 2.75) is 46.1 Å². The number of halogens is 1. The molecule has 0 N–H and O–H groups in total. The molecule has 4 rings (SSSR count). The highest BCUT2D eigenvalue weighted by atomic mass is 79.9. The van der Waals surface area contributed by atoms with E-state index in [-0.39, 0.29) is 23.8 Å². The Hall–Kier alpha value is -4.31. The van der Waals surface area contributed by atoms with Gasteiger partial charge in [0.15, 0.2) is 11.5 Å². The number of nitrogens with zero attached hydrogens (tertiary/aromatic N) is 4. The summed E-state index contributed by atoms with van der Waals surface area (Å²) in [5.41, 5.74) is 2.71. The third kappa shape index (κ3) is 6.89. The van der Waals surface area contributed by atoms with Gasteiger partial charge in [-0.3, -0.25) is 14.9 Å². The standard InChI is InChI=1S/C31H31BrN4O5/c1-5-8-23-15-22(16-28(40-7-3)29(23)41-19-21-9-12-25(13-10-21)36(38)39)18-33-35-30(20(4)6-2)34-27-14-11-24(32)17-26(27)31(35)37/h5,9-18,20H,1,6-8,19H2,2-4H3/t20-/m1/s1. The second-order valence-electron chi connectivity index (χ2n) is 9.45. The summed E-state index contributed by atoms with van der Waals surface area (Å²) in [6, 6.07) is 15.4. The molecular weight excluding hydrogens is 588 g/mol. The molecule has 4 aromatic rings. The summed E-state index contributed by atoms with van der Waals surface area (Å²) in [4.78, 5) is 28.8. The van der Waals surface area contributed by atoms with E-state index in [1.807, 2.05) is 45.0 Å². The molecule has 3 aromatic carbocycles. The first-order valence-corrected chi connectivity index (χ1v) is 14.1. The number of aromatic nitrogens is 2. The molecule has 10 heteroatoms. The summed E-state index contributed by atoms with van der Waals surface area (Å²) in [6.45, 7) is 10.4. The van der Waals surface area contributed by atoms with Gasteiger partial charge in [-0.05, 0) is 73.4 Å². The third-order valence-electron chi connectivity index (χ3n) is 6.56. The molecule has 0 saturated carbocycles. The summed E-state index contributed by atoms with van der Waals surface area (Å²) in [6.07, 6.45) is 4.68. The molecule has 0 radical (unpaired) electrons. The molecule has 9 nitrogen and oxygen atoms in total. The highest BCUT2D eigenvalue weighted by Crippen LogP contribution is 2.34. The molecule has 41 heavy (non-hydrogen) atoms. The van der Waals surface area contributed by atoms with Gasteiger partial charge < -0.3 is 9.47 Å². The van der Waals surface area contributed by atoms with Gasteiger partial charge in [0.05, 0.1) is 28.6 Å². The van der Waals surface area contributed by atoms with Gasteiger partial charge in [-0.25, -0.2) is 4.98 Å². The normalized spacial score (nSPS) is 12.0. The highest BCUT2D eigenvalue weighted by Gasteiger charge is 2.17. The van der Waals surface area contributed by atoms with E-state index in [0.717, 1.165) is 22.0 Å². The molecule has 212 valence electrons. The minimum Gasteiger partial charge on any atom is -0.490 e. The number of rotatable bonds is 12. The van der Waals surface area contributed by atoms with E-state index in [4.69, 9.17) is 14.5 Å². The van der Waals surface area contributed by atoms with Crippen LogP contribution in [-0.4, -0.2) is 27.4 Å². The Bertz CT molecular complexity index is 1660. The second-order valence-corrected chi connectivity index (χ2v) is 10.4. The van der Waals surface area contributed by atoms with Crippen molar-refractivity contribution < 1.29 is 14.4 Å². The van der Waals surface area contributed by atoms with Gasteiger partial charge in [0.1, 0.15) is 12.4 Å². The first kappa shape index (κ1) is 29.7. The number of allylic oxidation sites excluding steroid dienone is 1. The van der Waals surface area contributed by atoms with Crippen LogP contribution in [0.15, 0.2) is 81.6 Å². The average Bonchev–Trinajstić information content (AvgIpc) is 2.96. The topological polar surface area (TPSA) is 109 Å². The number of nitro groups is 1. The van der Waals surface area contributed by atoms with Crippen LogP contribution in [0.4, 0.5) is 5.69 Å². The average molecular weight is 620 g/mol. The Kier molecular flexibility index (Phi) is 9.67. The van der Waals surface area contributed by atoms with Crippen molar-refractivity contribution in [3.05, 3.63) is 115 Å². The van der Waals surface area contributed by atoms with Crippen LogP contribution >= 0.6 is 15.9 Å². The molecule has 0 amide bonds. The maximum Gasteiger partial charge on any atom is 0.282 e. The largest absolute Gasteiger partial charge is 0.490 e. The minimum atomic E-state index is -0.437. The lowest BCUT2D eigenvalue weighted by atomic mass is 10.1. The Morgan fingerprint density at radius 3 is 2.56 bits per heavy atom. The van der Waals surface area contributed by atoms with Crippen molar-refractivity contribution in [2.75, 3.05) is 6.61 Å². The Balaban J connectivity index is 1.73. The van der Waals surface area contributed by atoms with Crippen LogP contribution in [0.2, 0.25) is 0 Å². The molecule has 1 aromatic heterocycles. The SMILES string of the molecule is C=CCc1cc(C=Nn2c([C@H](C)CC)nc3ccc(Br)cc3c2=O)cc(OCC)c1OCc1ccc([N+](=O)[O-])cc1. The fourth-order valence-electron chi connectivity index (χ4n) is 4.26. The van der Waals surface area contributed by atoms with Gasteiger partial charge in [-0.2, -0.15) is 9.78 Å². The van der Waals surface area contributed by atoms with Gasteiger partial charge >= 0.3 is 0 Å². The first-order valence-electron chi connectivity index (χ1n) is 13.3. The lowest BCUT2D eigenvalue weighted by Gasteiger charge is -2.17. The van der Waals surface area contributed by atoms with Crippen LogP contribution in [0.25, 0.3) is 10.9 Å². The van der Waals surface area contributed by atoms with Gasteiger partial charge in [-0.1, -0.05) is 35.9 Å². The molecule has 0 saturated heterocycles. The molecule has 0 aliphatic rings. The number of hydrogen-bond acceptors (Lipinski definition) is 7. The number of benzene rings is 3. The maximum absolute atomic E-state index is 13.5. The van der Waals surface area contributed by atoms with E-state index < -0.39 is 4.92 Å². The molecule has 0 bridgehead atoms. The van der Waals surface area contributed by atoms with Crippen molar-refractivity contribution in [2.24, 2.45) is 5.10 Å². The second kappa shape index (κ2) is 13.4. The van der Waals surface area contributed by atoms with Gasteiger partial charge in [0.25, 0.3) is 11.2 Å². The zero-order chi connectivity index (χ0) is 29.5. The maximum atomic E-state index is 13.5. The molecule has 0 spiro atoms. The van der Waals surface area contributed by atoms with Crippen molar-refractivity contribution in [1.82, 2.24) is 9.66 Å². The molecule has 0 fully saturated rings. The lowest BCUT2D eigenvalue weighted by molar-refractivity contribution is -0.384. The molecular formula is C31H31BrN4O5. The Morgan fingerprint density at radius 2 is 1.90 bits per heavy atom. The molecule has 0 aliphatic heterocycles. The van der Waals surface area contributed by atoms with Crippen LogP contribution < -0.4 is 15.0 Å². The fraction of sp³-hybridized carbons (Fsp3) is 0.258. The van der Waals surface area contributed by atoms with Crippen LogP contribution in [0.1, 0.15) is 55.6 Å². The molecule has 1 atom stereocenters. The van der Waals surface area contributed by atoms with E-state index >= 15 is 0 Å². The summed E-state index contributed by atoms with van der Waals surface area (Å²) in [5.74, 6) is 1.67. The molecule has 0 aliphatic carbocycles. The van der Waals surface area contributed by atoms with Gasteiger partial charge in [0.2, 0.25) is 0 Å². The van der Waals surface area contributed by atoms with E-state index in [1.54, 1.807) is 30.5 Å². The highest BCUT2D eigenvalue weighted by molar-refractivity contribution is 9.10. The van der Waals surface area contributed by atoms with E-state index in [2.05, 4.69) is 27.6 Å². The van der Waals surface area contributed by atoms with E-state index in [1.165, 1.54) is 16.8 Å². The smallest absolute Gasteiger partial charge is 0.282 e. The van der Waals surface area contributed by atoms with E-state index in [0.29, 0.717) is 46.8 Å². The van der Waals surface area contributed by atoms with Crippen LogP contribution in [0, 0.1) is 10.1 Å². The van der Waals surface area contributed by atoms with Gasteiger partial charge in [0, 0.05) is 28.1 Å². The molecule has 1 heterocycles. The van der Waals surface area contributed by atoms with Crippen molar-refractivity contribution in [3.8, 4) is 11.5 Å².